The molecule has 0 spiro atoms. The molecule has 0 aliphatic heterocycles. The third kappa shape index (κ3) is 2.82. The Kier molecular flexibility index (Phi) is 4.00. The number of aromatic carboxylic acids is 1. The number of nitriles is 1. The summed E-state index contributed by atoms with van der Waals surface area (Å²) in [6, 6.07) is 3.29. The first-order valence-corrected chi connectivity index (χ1v) is 6.18. The van der Waals surface area contributed by atoms with Crippen LogP contribution in [0.2, 0.25) is 0 Å². The zero-order chi connectivity index (χ0) is 13.9. The van der Waals surface area contributed by atoms with Crippen LogP contribution in [0.1, 0.15) is 15.9 Å². The molecule has 0 bridgehead atoms. The molecule has 1 aromatic carbocycles. The van der Waals surface area contributed by atoms with Crippen molar-refractivity contribution in [2.24, 2.45) is 0 Å². The quantitative estimate of drug-likeness (QED) is 0.782. The summed E-state index contributed by atoms with van der Waals surface area (Å²) in [5.74, 6) is -2.55. The Bertz CT molecular complexity index is 634. The number of sulfonamides is 1. The van der Waals surface area contributed by atoms with E-state index in [0.717, 1.165) is 6.07 Å². The number of hydrogen-bond acceptors (Lipinski definition) is 4. The van der Waals surface area contributed by atoms with Gasteiger partial charge in [0.15, 0.2) is 0 Å². The minimum Gasteiger partial charge on any atom is -0.478 e. The maximum atomic E-state index is 13.4. The van der Waals surface area contributed by atoms with Crippen molar-refractivity contribution in [3.8, 4) is 6.07 Å². The van der Waals surface area contributed by atoms with Gasteiger partial charge in [-0.05, 0) is 24.6 Å². The van der Waals surface area contributed by atoms with Gasteiger partial charge in [-0.15, -0.1) is 0 Å². The first kappa shape index (κ1) is 14.1. The van der Waals surface area contributed by atoms with E-state index in [1.54, 1.807) is 6.07 Å². The van der Waals surface area contributed by atoms with E-state index in [1.807, 2.05) is 4.72 Å². The van der Waals surface area contributed by atoms with E-state index in [4.69, 9.17) is 10.4 Å². The van der Waals surface area contributed by atoms with Crippen molar-refractivity contribution in [1.29, 1.82) is 5.26 Å². The molecule has 96 valence electrons. The van der Waals surface area contributed by atoms with Crippen LogP contribution in [-0.4, -0.2) is 26.0 Å². The highest BCUT2D eigenvalue weighted by atomic mass is 32.2. The van der Waals surface area contributed by atoms with Crippen LogP contribution < -0.4 is 4.72 Å². The number of nitrogens with zero attached hydrogens (tertiary/aromatic N) is 1. The Balaban J connectivity index is 3.36. The average Bonchev–Trinajstić information content (AvgIpc) is 2.29. The zero-order valence-electron chi connectivity index (χ0n) is 9.27. The van der Waals surface area contributed by atoms with E-state index in [2.05, 4.69) is 0 Å². The number of benzene rings is 1. The lowest BCUT2D eigenvalue weighted by Crippen LogP contribution is -2.24. The topological polar surface area (TPSA) is 107 Å². The molecule has 1 aromatic rings. The van der Waals surface area contributed by atoms with Crippen LogP contribution in [0.4, 0.5) is 4.39 Å². The number of hydrogen-bond donors (Lipinski definition) is 2. The highest BCUT2D eigenvalue weighted by Gasteiger charge is 2.20. The van der Waals surface area contributed by atoms with Crippen molar-refractivity contribution in [2.45, 2.75) is 11.8 Å². The molecular formula is C10H9FN2O4S. The molecule has 0 aromatic heterocycles. The molecule has 0 unspecified atom stereocenters. The molecule has 1 rings (SSSR count). The second-order valence-electron chi connectivity index (χ2n) is 3.39. The van der Waals surface area contributed by atoms with Crippen LogP contribution in [0.25, 0.3) is 0 Å². The number of rotatable bonds is 4. The van der Waals surface area contributed by atoms with E-state index in [9.17, 15) is 17.6 Å². The molecule has 0 fully saturated rings. The zero-order valence-corrected chi connectivity index (χ0v) is 10.1. The molecule has 0 radical (unpaired) electrons. The van der Waals surface area contributed by atoms with Gasteiger partial charge >= 0.3 is 5.97 Å². The number of carboxylic acids is 1. The summed E-state index contributed by atoms with van der Waals surface area (Å²) < 4.78 is 38.7. The molecule has 0 saturated carbocycles. The van der Waals surface area contributed by atoms with E-state index in [-0.39, 0.29) is 5.56 Å². The molecule has 0 heterocycles. The standard InChI is InChI=1S/C10H9FN2O4S/c1-6-4-7(18(16,17)13-3-2-12)5-8(9(6)11)10(14)15/h4-5,13H,3H2,1H3,(H,14,15). The molecular weight excluding hydrogens is 263 g/mol. The van der Waals surface area contributed by atoms with Crippen molar-refractivity contribution in [2.75, 3.05) is 6.54 Å². The van der Waals surface area contributed by atoms with Gasteiger partial charge in [0.05, 0.1) is 23.1 Å². The first-order chi connectivity index (χ1) is 8.29. The Morgan fingerprint density at radius 3 is 2.67 bits per heavy atom. The largest absolute Gasteiger partial charge is 0.478 e. The summed E-state index contributed by atoms with van der Waals surface area (Å²) >= 11 is 0. The second kappa shape index (κ2) is 5.12. The molecule has 0 aliphatic rings. The van der Waals surface area contributed by atoms with Gasteiger partial charge < -0.3 is 5.11 Å². The molecule has 0 saturated heterocycles. The van der Waals surface area contributed by atoms with Crippen LogP contribution >= 0.6 is 0 Å². The van der Waals surface area contributed by atoms with Crippen molar-refractivity contribution >= 4 is 16.0 Å². The minimum atomic E-state index is -4.02. The van der Waals surface area contributed by atoms with Gasteiger partial charge in [0.2, 0.25) is 10.0 Å². The maximum Gasteiger partial charge on any atom is 0.338 e. The van der Waals surface area contributed by atoms with Crippen molar-refractivity contribution in [3.05, 3.63) is 29.1 Å². The molecule has 0 atom stereocenters. The lowest BCUT2D eigenvalue weighted by molar-refractivity contribution is 0.0691. The molecule has 18 heavy (non-hydrogen) atoms. The smallest absolute Gasteiger partial charge is 0.338 e. The molecule has 0 aliphatic carbocycles. The normalized spacial score (nSPS) is 10.9. The summed E-state index contributed by atoms with van der Waals surface area (Å²) in [7, 11) is -4.02. The SMILES string of the molecule is Cc1cc(S(=O)(=O)NCC#N)cc(C(=O)O)c1F. The third-order valence-corrected chi connectivity index (χ3v) is 3.49. The lowest BCUT2D eigenvalue weighted by Gasteiger charge is -2.07. The fraction of sp³-hybridized carbons (Fsp3) is 0.200. The molecule has 6 nitrogen and oxygen atoms in total. The highest BCUT2D eigenvalue weighted by Crippen LogP contribution is 2.19. The van der Waals surface area contributed by atoms with Crippen LogP contribution in [-0.2, 0) is 10.0 Å². The number of nitrogens with one attached hydrogen (secondary N) is 1. The number of carbonyl (C=O) groups is 1. The minimum absolute atomic E-state index is 0.104. The average molecular weight is 272 g/mol. The van der Waals surface area contributed by atoms with E-state index in [1.165, 1.54) is 6.92 Å². The van der Waals surface area contributed by atoms with Crippen molar-refractivity contribution in [3.63, 3.8) is 0 Å². The van der Waals surface area contributed by atoms with Gasteiger partial charge in [-0.3, -0.25) is 0 Å². The van der Waals surface area contributed by atoms with E-state index >= 15 is 0 Å². The molecule has 0 amide bonds. The fourth-order valence-electron chi connectivity index (χ4n) is 1.26. The summed E-state index contributed by atoms with van der Waals surface area (Å²) in [5.41, 5.74) is -0.834. The van der Waals surface area contributed by atoms with E-state index < -0.39 is 38.8 Å². The van der Waals surface area contributed by atoms with Gasteiger partial charge in [0, 0.05) is 0 Å². The summed E-state index contributed by atoms with van der Waals surface area (Å²) in [4.78, 5) is 10.4. The van der Waals surface area contributed by atoms with Crippen LogP contribution in [0.3, 0.4) is 0 Å². The number of carboxylic acid groups (broad SMARTS) is 1. The monoisotopic (exact) mass is 272 g/mol. The Morgan fingerprint density at radius 1 is 1.56 bits per heavy atom. The Hall–Kier alpha value is -1.98. The number of halogens is 1. The van der Waals surface area contributed by atoms with Crippen molar-refractivity contribution < 1.29 is 22.7 Å². The predicted octanol–water partition coefficient (Wildman–Crippen LogP) is 0.634. The van der Waals surface area contributed by atoms with Crippen LogP contribution in [0.15, 0.2) is 17.0 Å². The first-order valence-electron chi connectivity index (χ1n) is 4.69. The fourth-order valence-corrected chi connectivity index (χ4v) is 2.28. The lowest BCUT2D eigenvalue weighted by atomic mass is 10.1. The predicted molar refractivity (Wildman–Crippen MR) is 58.9 cm³/mol. The Morgan fingerprint density at radius 2 is 2.17 bits per heavy atom. The van der Waals surface area contributed by atoms with Gasteiger partial charge in [0.25, 0.3) is 0 Å². The van der Waals surface area contributed by atoms with Gasteiger partial charge in [-0.1, -0.05) is 0 Å². The number of aryl methyl sites for hydroxylation is 1. The van der Waals surface area contributed by atoms with Crippen molar-refractivity contribution in [1.82, 2.24) is 4.72 Å². The van der Waals surface area contributed by atoms with Crippen LogP contribution in [0.5, 0.6) is 0 Å². The highest BCUT2D eigenvalue weighted by molar-refractivity contribution is 7.89. The summed E-state index contributed by atoms with van der Waals surface area (Å²) in [5, 5.41) is 17.0. The summed E-state index contributed by atoms with van der Waals surface area (Å²) in [6.45, 7) is 0.798. The van der Waals surface area contributed by atoms with Gasteiger partial charge in [-0.25, -0.2) is 17.6 Å². The summed E-state index contributed by atoms with van der Waals surface area (Å²) in [6.07, 6.45) is 0. The molecule has 8 heteroatoms. The maximum absolute atomic E-state index is 13.4. The van der Waals surface area contributed by atoms with Gasteiger partial charge in [-0.2, -0.15) is 9.98 Å². The molecule has 2 N–H and O–H groups in total. The Labute approximate surface area is 103 Å². The third-order valence-electron chi connectivity index (χ3n) is 2.11. The van der Waals surface area contributed by atoms with Crippen LogP contribution in [0, 0.1) is 24.1 Å². The van der Waals surface area contributed by atoms with E-state index in [0.29, 0.717) is 6.07 Å². The van der Waals surface area contributed by atoms with Gasteiger partial charge in [0.1, 0.15) is 5.82 Å². The second-order valence-corrected chi connectivity index (χ2v) is 5.16.